The van der Waals surface area contributed by atoms with Gasteiger partial charge in [-0.05, 0) is 105 Å². The minimum Gasteiger partial charge on any atom is -0.508 e. The van der Waals surface area contributed by atoms with Gasteiger partial charge < -0.3 is 95.9 Å². The molecule has 0 radical (unpaired) electrons. The van der Waals surface area contributed by atoms with Gasteiger partial charge in [0.05, 0.1) is 19.0 Å². The molecule has 0 fully saturated rings. The molecule has 94 heavy (non-hydrogen) atoms. The summed E-state index contributed by atoms with van der Waals surface area (Å²) < 4.78 is 0. The molecule has 0 aliphatic carbocycles. The molecule has 0 spiro atoms. The maximum absolute atomic E-state index is 14.1. The first kappa shape index (κ1) is 82.6. The molecule has 2 aromatic rings. The van der Waals surface area contributed by atoms with Crippen LogP contribution >= 0.6 is 0 Å². The molecule has 12 atom stereocenters. The lowest BCUT2D eigenvalue weighted by molar-refractivity contribution is -0.144. The molecule has 0 aromatic heterocycles. The lowest BCUT2D eigenvalue weighted by Crippen LogP contribution is -2.61. The number of carboxylic acid groups (broad SMARTS) is 3. The Morgan fingerprint density at radius 3 is 1.34 bits per heavy atom. The normalized spacial score (nSPS) is 14.8. The highest BCUT2D eigenvalue weighted by Crippen LogP contribution is 2.16. The molecule has 0 unspecified atom stereocenters. The molecule has 0 heterocycles. The molecule has 32 heteroatoms. The van der Waals surface area contributed by atoms with E-state index in [-0.39, 0.29) is 43.7 Å². The van der Waals surface area contributed by atoms with Crippen LogP contribution < -0.4 is 70.4 Å². The maximum Gasteiger partial charge on any atom is 0.326 e. The first-order valence-corrected chi connectivity index (χ1v) is 30.9. The summed E-state index contributed by atoms with van der Waals surface area (Å²) in [6.45, 7) is 14.8. The monoisotopic (exact) mass is 1330 g/mol. The van der Waals surface area contributed by atoms with E-state index in [1.165, 1.54) is 55.5 Å². The molecule has 0 saturated heterocycles. The Balaban J connectivity index is 0.0000107. The fourth-order valence-corrected chi connectivity index (χ4v) is 8.96. The zero-order chi connectivity index (χ0) is 71.7. The summed E-state index contributed by atoms with van der Waals surface area (Å²) in [5.74, 6) is -16.0. The third kappa shape index (κ3) is 30.8. The highest BCUT2D eigenvalue weighted by molar-refractivity contribution is 5.99. The van der Waals surface area contributed by atoms with Crippen LogP contribution in [0.1, 0.15) is 132 Å². The molecule has 0 aliphatic heterocycles. The summed E-state index contributed by atoms with van der Waals surface area (Å²) in [6, 6.07) is -2.54. The van der Waals surface area contributed by atoms with Crippen LogP contribution in [0, 0.1) is 23.7 Å². The van der Waals surface area contributed by atoms with Crippen LogP contribution in [0.15, 0.2) is 48.5 Å². The summed E-state index contributed by atoms with van der Waals surface area (Å²) in [7, 11) is 0. The van der Waals surface area contributed by atoms with Gasteiger partial charge in [0.15, 0.2) is 0 Å². The number of carboxylic acids is 3. The lowest BCUT2D eigenvalue weighted by Gasteiger charge is -2.29. The van der Waals surface area contributed by atoms with E-state index < -0.39 is 193 Å². The number of hydrogen-bond acceptors (Lipinski definition) is 18. The van der Waals surface area contributed by atoms with Gasteiger partial charge in [0.25, 0.3) is 5.97 Å². The summed E-state index contributed by atoms with van der Waals surface area (Å²) in [5, 5.41) is 71.3. The molecule has 2 aromatic carbocycles. The SMILES string of the molecule is CC(=O)O.CC[C@H](C)[C@H](NC(=O)[C@H](CCCCN)NC(=O)[C@@H](NC(=O)[C@H](C)NC(=O)[C@H](CCC(=O)O)NC(=O)[C@@H](NC(=O)CNC(=O)[C@H](Cc1ccc(O)cc1)NC(=O)[C@@H](NC(=O)[C@H](CC(N)=O)NC(=O)[C@@H](N)Cc1ccc(O)cc1)C(C)C)[C@@H](C)CC)C(C)C)C(=O)O. The van der Waals surface area contributed by atoms with Gasteiger partial charge in [-0.2, -0.15) is 0 Å². The number of aliphatic carboxylic acids is 3. The van der Waals surface area contributed by atoms with Crippen molar-refractivity contribution in [2.75, 3.05) is 13.1 Å². The van der Waals surface area contributed by atoms with Crippen molar-refractivity contribution >= 4 is 82.9 Å². The number of nitrogens with two attached hydrogens (primary N) is 3. The Bertz CT molecular complexity index is 2890. The maximum atomic E-state index is 14.1. The number of carbonyl (C=O) groups is 14. The fraction of sp³-hybridized carbons (Fsp3) is 0.581. The number of rotatable bonds is 40. The number of benzene rings is 2. The first-order chi connectivity index (χ1) is 44.0. The van der Waals surface area contributed by atoms with Crippen LogP contribution in [0.5, 0.6) is 11.5 Å². The van der Waals surface area contributed by atoms with Crippen molar-refractivity contribution in [3.63, 3.8) is 0 Å². The summed E-state index contributed by atoms with van der Waals surface area (Å²) in [5.41, 5.74) is 18.2. The lowest BCUT2D eigenvalue weighted by atomic mass is 9.97. The third-order valence-corrected chi connectivity index (χ3v) is 14.9. The van der Waals surface area contributed by atoms with Crippen LogP contribution in [0.2, 0.25) is 0 Å². The second-order valence-corrected chi connectivity index (χ2v) is 23.5. The highest BCUT2D eigenvalue weighted by atomic mass is 16.4. The van der Waals surface area contributed by atoms with Crippen LogP contribution in [0.3, 0.4) is 0 Å². The Kier molecular flexibility index (Phi) is 36.8. The Hall–Kier alpha value is -9.46. The molecule has 2 rings (SSSR count). The standard InChI is InChI=1S/C60H93N13O17.C2H4O2/c1-10-32(7)49(59(88)67-41(23-24-46(78)79)54(83)65-34(9)51(80)71-47(30(3)4)57(86)66-40(14-12-13-25-61)55(84)73-50(60(89)90)33(8)11-2)70-45(77)29-64-53(82)42(27-36-17-21-38(75)22-18-36)69-58(87)48(31(5)6)72-56(85)43(28-44(63)76)68-52(81)39(62)26-35-15-19-37(74)20-16-35;1-2(3)4/h15-22,30-34,39-43,47-50,74-75H,10-14,23-29,61-62H2,1-9H3,(H2,63,76)(H,64,82)(H,65,83)(H,66,86)(H,67,88)(H,68,81)(H,69,87)(H,70,77)(H,71,80)(H,72,85)(H,73,84)(H,78,79)(H,89,90);1H3,(H,3,4)/t32-,33-,34-,39-,40-,41-,42-,43-,47-,48-,49-,50-;/m0./s1. The molecule has 524 valence electrons. The number of primary amides is 1. The fourth-order valence-electron chi connectivity index (χ4n) is 8.96. The van der Waals surface area contributed by atoms with Gasteiger partial charge in [0.1, 0.15) is 65.9 Å². The van der Waals surface area contributed by atoms with Gasteiger partial charge in [-0.1, -0.05) is 92.5 Å². The molecule has 0 aliphatic rings. The Morgan fingerprint density at radius 2 is 0.883 bits per heavy atom. The molecule has 21 N–H and O–H groups in total. The molecular weight excluding hydrogens is 1230 g/mol. The van der Waals surface area contributed by atoms with E-state index >= 15 is 0 Å². The quantitative estimate of drug-likeness (QED) is 0.0326. The largest absolute Gasteiger partial charge is 0.508 e. The first-order valence-electron chi connectivity index (χ1n) is 30.9. The molecule has 0 bridgehead atoms. The average Bonchev–Trinajstić information content (AvgIpc) is 0.920. The second-order valence-electron chi connectivity index (χ2n) is 23.5. The Labute approximate surface area is 545 Å². The van der Waals surface area contributed by atoms with Gasteiger partial charge >= 0.3 is 11.9 Å². The van der Waals surface area contributed by atoms with Crippen LogP contribution in [-0.2, 0) is 80.0 Å². The smallest absolute Gasteiger partial charge is 0.326 e. The van der Waals surface area contributed by atoms with Gasteiger partial charge in [-0.3, -0.25) is 62.3 Å². The van der Waals surface area contributed by atoms with E-state index in [2.05, 4.69) is 53.2 Å². The van der Waals surface area contributed by atoms with Crippen molar-refractivity contribution in [2.45, 2.75) is 194 Å². The van der Waals surface area contributed by atoms with Gasteiger partial charge in [-0.15, -0.1) is 0 Å². The number of phenolic OH excluding ortho intramolecular Hbond substituents is 2. The number of phenols is 2. The van der Waals surface area contributed by atoms with Crippen LogP contribution in [0.4, 0.5) is 0 Å². The predicted octanol–water partition coefficient (Wildman–Crippen LogP) is -1.84. The molecule has 11 amide bonds. The predicted molar refractivity (Wildman–Crippen MR) is 341 cm³/mol. The molecule has 32 nitrogen and oxygen atoms in total. The topological polar surface area (TPSA) is 538 Å². The van der Waals surface area contributed by atoms with E-state index in [1.54, 1.807) is 55.4 Å². The van der Waals surface area contributed by atoms with Crippen molar-refractivity contribution in [1.29, 1.82) is 0 Å². The highest BCUT2D eigenvalue weighted by Gasteiger charge is 2.37. The third-order valence-electron chi connectivity index (χ3n) is 14.9. The molecule has 0 saturated carbocycles. The second kappa shape index (κ2) is 41.9. The van der Waals surface area contributed by atoms with Gasteiger partial charge in [-0.25, -0.2) is 4.79 Å². The van der Waals surface area contributed by atoms with Crippen LogP contribution in [-0.4, -0.2) is 182 Å². The minimum atomic E-state index is -1.62. The van der Waals surface area contributed by atoms with E-state index in [1.807, 2.05) is 0 Å². The van der Waals surface area contributed by atoms with E-state index in [4.69, 9.17) is 27.1 Å². The van der Waals surface area contributed by atoms with Crippen molar-refractivity contribution < 1.29 is 92.7 Å². The zero-order valence-corrected chi connectivity index (χ0v) is 54.9. The van der Waals surface area contributed by atoms with E-state index in [0.717, 1.165) is 6.92 Å². The number of aromatic hydroxyl groups is 2. The number of hydrogen-bond donors (Lipinski definition) is 18. The summed E-state index contributed by atoms with van der Waals surface area (Å²) in [6.07, 6.45) is -0.455. The number of nitrogens with one attached hydrogen (secondary N) is 10. The Morgan fingerprint density at radius 1 is 0.468 bits per heavy atom. The number of unbranched alkanes of at least 4 members (excludes halogenated alkanes) is 1. The van der Waals surface area contributed by atoms with Crippen molar-refractivity contribution in [3.8, 4) is 11.5 Å². The van der Waals surface area contributed by atoms with Crippen molar-refractivity contribution in [2.24, 2.45) is 40.9 Å². The number of carbonyl (C=O) groups excluding carboxylic acids is 11. The van der Waals surface area contributed by atoms with Crippen LogP contribution in [0.25, 0.3) is 0 Å². The van der Waals surface area contributed by atoms with Crippen molar-refractivity contribution in [1.82, 2.24) is 53.2 Å². The number of amides is 11. The average molecular weight is 1330 g/mol. The zero-order valence-electron chi connectivity index (χ0n) is 54.9. The minimum absolute atomic E-state index is 0.0194. The van der Waals surface area contributed by atoms with Crippen molar-refractivity contribution in [3.05, 3.63) is 59.7 Å². The van der Waals surface area contributed by atoms with Gasteiger partial charge in [0, 0.05) is 19.8 Å². The van der Waals surface area contributed by atoms with Gasteiger partial charge in [0.2, 0.25) is 65.0 Å². The summed E-state index contributed by atoms with van der Waals surface area (Å²) in [4.78, 5) is 182. The van der Waals surface area contributed by atoms with E-state index in [0.29, 0.717) is 30.4 Å². The van der Waals surface area contributed by atoms with E-state index in [9.17, 15) is 82.8 Å². The summed E-state index contributed by atoms with van der Waals surface area (Å²) >= 11 is 0. The molecular formula is C62H97N13O19.